The molecule has 1 amide bonds. The Morgan fingerprint density at radius 1 is 1.38 bits per heavy atom. The normalized spacial score (nSPS) is 15.3. The van der Waals surface area contributed by atoms with Gasteiger partial charge in [-0.2, -0.15) is 0 Å². The van der Waals surface area contributed by atoms with Crippen LogP contribution in [0.25, 0.3) is 0 Å². The molecule has 0 aromatic carbocycles. The molecule has 2 rings (SSSR count). The van der Waals surface area contributed by atoms with Crippen molar-refractivity contribution >= 4 is 11.9 Å². The van der Waals surface area contributed by atoms with Crippen LogP contribution in [0.15, 0.2) is 24.5 Å². The Morgan fingerprint density at radius 2 is 2.05 bits per heavy atom. The van der Waals surface area contributed by atoms with Crippen molar-refractivity contribution < 1.29 is 14.3 Å². The quantitative estimate of drug-likeness (QED) is 0.719. The SMILES string of the molecule is CCOC(=O)C(C)CN(C(=O)Cc1ccncc1)C1CC1. The van der Waals surface area contributed by atoms with Crippen molar-refractivity contribution in [2.45, 2.75) is 39.2 Å². The highest BCUT2D eigenvalue weighted by Crippen LogP contribution is 2.28. The minimum atomic E-state index is -0.285. The van der Waals surface area contributed by atoms with Gasteiger partial charge in [0, 0.05) is 25.0 Å². The lowest BCUT2D eigenvalue weighted by Gasteiger charge is -2.25. The number of carbonyl (C=O) groups is 2. The van der Waals surface area contributed by atoms with Gasteiger partial charge in [-0.25, -0.2) is 0 Å². The smallest absolute Gasteiger partial charge is 0.310 e. The summed E-state index contributed by atoms with van der Waals surface area (Å²) in [7, 11) is 0. The zero-order valence-electron chi connectivity index (χ0n) is 12.6. The number of carbonyl (C=O) groups excluding carboxylic acids is 2. The predicted molar refractivity (Wildman–Crippen MR) is 78.5 cm³/mol. The molecule has 0 N–H and O–H groups in total. The van der Waals surface area contributed by atoms with Crippen LogP contribution in [0.2, 0.25) is 0 Å². The number of hydrogen-bond acceptors (Lipinski definition) is 4. The second kappa shape index (κ2) is 7.20. The average Bonchev–Trinajstić information content (AvgIpc) is 3.30. The van der Waals surface area contributed by atoms with Gasteiger partial charge in [-0.15, -0.1) is 0 Å². The van der Waals surface area contributed by atoms with Crippen molar-refractivity contribution in [3.05, 3.63) is 30.1 Å². The highest BCUT2D eigenvalue weighted by Gasteiger charge is 2.34. The molecule has 1 heterocycles. The second-order valence-electron chi connectivity index (χ2n) is 5.46. The molecule has 1 atom stereocenters. The van der Waals surface area contributed by atoms with E-state index in [2.05, 4.69) is 4.98 Å². The molecule has 1 aliphatic carbocycles. The van der Waals surface area contributed by atoms with E-state index in [9.17, 15) is 9.59 Å². The Bertz CT molecular complexity index is 486. The fourth-order valence-corrected chi connectivity index (χ4v) is 2.27. The maximum atomic E-state index is 12.5. The molecular formula is C16H22N2O3. The van der Waals surface area contributed by atoms with E-state index in [1.165, 1.54) is 0 Å². The summed E-state index contributed by atoms with van der Waals surface area (Å²) in [4.78, 5) is 30.0. The molecule has 1 unspecified atom stereocenters. The topological polar surface area (TPSA) is 59.5 Å². The van der Waals surface area contributed by atoms with Gasteiger partial charge < -0.3 is 9.64 Å². The van der Waals surface area contributed by atoms with Crippen LogP contribution >= 0.6 is 0 Å². The van der Waals surface area contributed by atoms with Crippen molar-refractivity contribution in [3.63, 3.8) is 0 Å². The molecule has 0 bridgehead atoms. The third-order valence-corrected chi connectivity index (χ3v) is 3.57. The number of nitrogens with zero attached hydrogens (tertiary/aromatic N) is 2. The molecule has 1 aromatic heterocycles. The molecule has 0 spiro atoms. The molecule has 21 heavy (non-hydrogen) atoms. The van der Waals surface area contributed by atoms with Crippen LogP contribution in [-0.2, 0) is 20.7 Å². The van der Waals surface area contributed by atoms with E-state index in [-0.39, 0.29) is 23.8 Å². The highest BCUT2D eigenvalue weighted by atomic mass is 16.5. The van der Waals surface area contributed by atoms with E-state index in [0.717, 1.165) is 18.4 Å². The standard InChI is InChI=1S/C16H22N2O3/c1-3-21-16(20)12(2)11-18(14-4-5-14)15(19)10-13-6-8-17-9-7-13/h6-9,12,14H,3-5,10-11H2,1-2H3. The molecule has 1 saturated carbocycles. The van der Waals surface area contributed by atoms with Crippen LogP contribution < -0.4 is 0 Å². The summed E-state index contributed by atoms with van der Waals surface area (Å²) in [6.45, 7) is 4.41. The first kappa shape index (κ1) is 15.5. The summed E-state index contributed by atoms with van der Waals surface area (Å²) in [6, 6.07) is 3.98. The monoisotopic (exact) mass is 290 g/mol. The minimum Gasteiger partial charge on any atom is -0.466 e. The van der Waals surface area contributed by atoms with Crippen LogP contribution in [0.3, 0.4) is 0 Å². The van der Waals surface area contributed by atoms with Crippen molar-refractivity contribution in [2.75, 3.05) is 13.2 Å². The molecule has 5 nitrogen and oxygen atoms in total. The van der Waals surface area contributed by atoms with Crippen molar-refractivity contribution in [1.29, 1.82) is 0 Å². The third-order valence-electron chi connectivity index (χ3n) is 3.57. The Labute approximate surface area is 125 Å². The van der Waals surface area contributed by atoms with Crippen LogP contribution in [0.1, 0.15) is 32.3 Å². The zero-order valence-corrected chi connectivity index (χ0v) is 12.6. The fraction of sp³-hybridized carbons (Fsp3) is 0.562. The van der Waals surface area contributed by atoms with Gasteiger partial charge in [-0.05, 0) is 37.5 Å². The zero-order chi connectivity index (χ0) is 15.2. The fourth-order valence-electron chi connectivity index (χ4n) is 2.27. The van der Waals surface area contributed by atoms with Crippen LogP contribution in [-0.4, -0.2) is 41.0 Å². The van der Waals surface area contributed by atoms with Crippen LogP contribution in [0, 0.1) is 5.92 Å². The summed E-state index contributed by atoms with van der Waals surface area (Å²) in [6.07, 6.45) is 5.78. The Morgan fingerprint density at radius 3 is 2.62 bits per heavy atom. The van der Waals surface area contributed by atoms with Crippen molar-refractivity contribution in [3.8, 4) is 0 Å². The summed E-state index contributed by atoms with van der Waals surface area (Å²) in [5, 5.41) is 0. The van der Waals surface area contributed by atoms with Crippen LogP contribution in [0.5, 0.6) is 0 Å². The lowest BCUT2D eigenvalue weighted by molar-refractivity contribution is -0.148. The summed E-state index contributed by atoms with van der Waals surface area (Å²) in [5.41, 5.74) is 0.949. The Kier molecular flexibility index (Phi) is 5.31. The van der Waals surface area contributed by atoms with Crippen molar-refractivity contribution in [1.82, 2.24) is 9.88 Å². The predicted octanol–water partition coefficient (Wildman–Crippen LogP) is 1.81. The largest absolute Gasteiger partial charge is 0.466 e. The maximum absolute atomic E-state index is 12.5. The van der Waals surface area contributed by atoms with E-state index in [0.29, 0.717) is 19.6 Å². The number of aromatic nitrogens is 1. The Balaban J connectivity index is 1.95. The molecule has 0 aliphatic heterocycles. The first-order valence-corrected chi connectivity index (χ1v) is 7.46. The summed E-state index contributed by atoms with van der Waals surface area (Å²) >= 11 is 0. The van der Waals surface area contributed by atoms with E-state index >= 15 is 0 Å². The lowest BCUT2D eigenvalue weighted by atomic mass is 10.1. The van der Waals surface area contributed by atoms with Gasteiger partial charge in [-0.3, -0.25) is 14.6 Å². The van der Waals surface area contributed by atoms with E-state index < -0.39 is 0 Å². The number of amides is 1. The summed E-state index contributed by atoms with van der Waals surface area (Å²) < 4.78 is 5.02. The molecule has 5 heteroatoms. The molecule has 0 radical (unpaired) electrons. The third kappa shape index (κ3) is 4.55. The molecule has 1 aliphatic rings. The van der Waals surface area contributed by atoms with E-state index in [1.807, 2.05) is 24.0 Å². The number of rotatable bonds is 7. The molecular weight excluding hydrogens is 268 g/mol. The molecule has 1 aromatic rings. The number of hydrogen-bond donors (Lipinski definition) is 0. The minimum absolute atomic E-state index is 0.0693. The number of ether oxygens (including phenoxy) is 1. The first-order valence-electron chi connectivity index (χ1n) is 7.46. The highest BCUT2D eigenvalue weighted by molar-refractivity contribution is 5.80. The van der Waals surface area contributed by atoms with E-state index in [1.54, 1.807) is 19.3 Å². The second-order valence-corrected chi connectivity index (χ2v) is 5.46. The van der Waals surface area contributed by atoms with Gasteiger partial charge >= 0.3 is 5.97 Å². The Hall–Kier alpha value is -1.91. The van der Waals surface area contributed by atoms with Gasteiger partial charge in [0.15, 0.2) is 0 Å². The average molecular weight is 290 g/mol. The maximum Gasteiger partial charge on any atom is 0.310 e. The molecule has 114 valence electrons. The van der Waals surface area contributed by atoms with Gasteiger partial charge in [0.25, 0.3) is 0 Å². The molecule has 1 fully saturated rings. The number of esters is 1. The van der Waals surface area contributed by atoms with E-state index in [4.69, 9.17) is 4.74 Å². The molecule has 0 saturated heterocycles. The lowest BCUT2D eigenvalue weighted by Crippen LogP contribution is -2.39. The van der Waals surface area contributed by atoms with Gasteiger partial charge in [0.05, 0.1) is 18.9 Å². The van der Waals surface area contributed by atoms with Gasteiger partial charge in [0.1, 0.15) is 0 Å². The summed E-state index contributed by atoms with van der Waals surface area (Å²) in [5.74, 6) is -0.452. The van der Waals surface area contributed by atoms with Gasteiger partial charge in [0.2, 0.25) is 5.91 Å². The van der Waals surface area contributed by atoms with Gasteiger partial charge in [-0.1, -0.05) is 6.92 Å². The number of pyridine rings is 1. The van der Waals surface area contributed by atoms with Crippen molar-refractivity contribution in [2.24, 2.45) is 5.92 Å². The first-order chi connectivity index (χ1) is 10.1. The van der Waals surface area contributed by atoms with Crippen LogP contribution in [0.4, 0.5) is 0 Å².